The number of hydrogen-bond donors (Lipinski definition) is 1. The van der Waals surface area contributed by atoms with Crippen molar-refractivity contribution in [3.8, 4) is 11.5 Å². The zero-order chi connectivity index (χ0) is 30.0. The Hall–Kier alpha value is -4.79. The molecule has 42 heavy (non-hydrogen) atoms. The van der Waals surface area contributed by atoms with Gasteiger partial charge in [0, 0.05) is 6.42 Å². The Labute approximate surface area is 242 Å². The van der Waals surface area contributed by atoms with Crippen LogP contribution in [0.15, 0.2) is 103 Å². The fourth-order valence-electron chi connectivity index (χ4n) is 4.20. The predicted molar refractivity (Wildman–Crippen MR) is 151 cm³/mol. The molecule has 1 amide bonds. The highest BCUT2D eigenvalue weighted by Crippen LogP contribution is 2.31. The number of esters is 1. The molecule has 0 radical (unpaired) electrons. The molecule has 0 aliphatic rings. The van der Waals surface area contributed by atoms with Crippen molar-refractivity contribution in [2.45, 2.75) is 38.3 Å². The molecular formula is C33H30F3NO5. The highest BCUT2D eigenvalue weighted by atomic mass is 19.4. The molecule has 0 bridgehead atoms. The molecule has 0 saturated carbocycles. The van der Waals surface area contributed by atoms with E-state index >= 15 is 0 Å². The molecule has 0 heterocycles. The van der Waals surface area contributed by atoms with Gasteiger partial charge in [-0.15, -0.1) is 0 Å². The summed E-state index contributed by atoms with van der Waals surface area (Å²) in [6, 6.07) is 27.8. The summed E-state index contributed by atoms with van der Waals surface area (Å²) in [4.78, 5) is 25.3. The van der Waals surface area contributed by atoms with E-state index in [4.69, 9.17) is 14.2 Å². The van der Waals surface area contributed by atoms with E-state index in [1.165, 1.54) is 19.2 Å². The van der Waals surface area contributed by atoms with Crippen molar-refractivity contribution < 1.29 is 37.0 Å². The Morgan fingerprint density at radius 3 is 1.81 bits per heavy atom. The van der Waals surface area contributed by atoms with E-state index in [2.05, 4.69) is 5.32 Å². The minimum Gasteiger partial charge on any atom is -0.485 e. The average molecular weight is 578 g/mol. The van der Waals surface area contributed by atoms with Gasteiger partial charge in [-0.05, 0) is 46.5 Å². The van der Waals surface area contributed by atoms with Gasteiger partial charge in [0.1, 0.15) is 19.3 Å². The summed E-state index contributed by atoms with van der Waals surface area (Å²) in [6.45, 7) is 0.614. The third-order valence-electron chi connectivity index (χ3n) is 6.39. The fourth-order valence-corrected chi connectivity index (χ4v) is 4.20. The van der Waals surface area contributed by atoms with Crippen LogP contribution in [0.2, 0.25) is 0 Å². The Morgan fingerprint density at radius 2 is 1.26 bits per heavy atom. The second-order valence-electron chi connectivity index (χ2n) is 9.55. The molecule has 0 unspecified atom stereocenters. The lowest BCUT2D eigenvalue weighted by Gasteiger charge is -2.19. The Balaban J connectivity index is 1.48. The lowest BCUT2D eigenvalue weighted by Crippen LogP contribution is -2.43. The second kappa shape index (κ2) is 14.2. The number of ether oxygens (including phenoxy) is 3. The number of carbonyl (C=O) groups is 2. The van der Waals surface area contributed by atoms with Crippen molar-refractivity contribution in [3.63, 3.8) is 0 Å². The van der Waals surface area contributed by atoms with Crippen LogP contribution in [0.25, 0.3) is 0 Å². The molecule has 6 nitrogen and oxygen atoms in total. The number of alkyl halides is 3. The van der Waals surface area contributed by atoms with E-state index in [0.717, 1.165) is 23.3 Å². The van der Waals surface area contributed by atoms with Crippen molar-refractivity contribution in [2.75, 3.05) is 7.11 Å². The van der Waals surface area contributed by atoms with Gasteiger partial charge >= 0.3 is 12.1 Å². The van der Waals surface area contributed by atoms with Crippen molar-refractivity contribution in [1.29, 1.82) is 0 Å². The lowest BCUT2D eigenvalue weighted by atomic mass is 10.0. The normalized spacial score (nSPS) is 11.8. The van der Waals surface area contributed by atoms with E-state index in [0.29, 0.717) is 29.2 Å². The maximum atomic E-state index is 12.9. The molecule has 4 rings (SSSR count). The number of benzene rings is 4. The van der Waals surface area contributed by atoms with Crippen LogP contribution in [-0.4, -0.2) is 25.0 Å². The zero-order valence-electron chi connectivity index (χ0n) is 22.9. The van der Waals surface area contributed by atoms with Crippen molar-refractivity contribution in [3.05, 3.63) is 131 Å². The first-order valence-electron chi connectivity index (χ1n) is 13.2. The van der Waals surface area contributed by atoms with Crippen LogP contribution in [0.3, 0.4) is 0 Å². The third-order valence-corrected chi connectivity index (χ3v) is 6.39. The van der Waals surface area contributed by atoms with Crippen LogP contribution in [-0.2, 0) is 46.6 Å². The SMILES string of the molecule is COC(=O)[C@H](Cc1ccc(OCc2ccccc2)c(OCc2ccccc2)c1)NC(=O)Cc1ccc(C(F)(F)F)cc1. The van der Waals surface area contributed by atoms with Gasteiger partial charge in [0.25, 0.3) is 0 Å². The van der Waals surface area contributed by atoms with E-state index in [1.807, 2.05) is 60.7 Å². The average Bonchev–Trinajstić information content (AvgIpc) is 2.99. The highest BCUT2D eigenvalue weighted by Gasteiger charge is 2.30. The fraction of sp³-hybridized carbons (Fsp3) is 0.212. The molecule has 1 N–H and O–H groups in total. The molecule has 0 aliphatic heterocycles. The number of amides is 1. The molecule has 0 saturated heterocycles. The minimum absolute atomic E-state index is 0.0894. The lowest BCUT2D eigenvalue weighted by molar-refractivity contribution is -0.145. The maximum Gasteiger partial charge on any atom is 0.416 e. The largest absolute Gasteiger partial charge is 0.485 e. The summed E-state index contributed by atoms with van der Waals surface area (Å²) in [5.41, 5.74) is 2.19. The van der Waals surface area contributed by atoms with E-state index in [-0.39, 0.29) is 19.4 Å². The van der Waals surface area contributed by atoms with E-state index < -0.39 is 29.7 Å². The van der Waals surface area contributed by atoms with Crippen LogP contribution in [0.1, 0.15) is 27.8 Å². The van der Waals surface area contributed by atoms with Gasteiger partial charge in [0.15, 0.2) is 11.5 Å². The Kier molecular flexibility index (Phi) is 10.2. The molecule has 9 heteroatoms. The van der Waals surface area contributed by atoms with E-state index in [9.17, 15) is 22.8 Å². The first-order valence-corrected chi connectivity index (χ1v) is 13.2. The van der Waals surface area contributed by atoms with Crippen LogP contribution in [0.5, 0.6) is 11.5 Å². The van der Waals surface area contributed by atoms with Crippen LogP contribution in [0.4, 0.5) is 13.2 Å². The van der Waals surface area contributed by atoms with E-state index in [1.54, 1.807) is 18.2 Å². The molecule has 0 aromatic heterocycles. The van der Waals surface area contributed by atoms with Gasteiger partial charge in [-0.25, -0.2) is 4.79 Å². The predicted octanol–water partition coefficient (Wildman–Crippen LogP) is 6.31. The summed E-state index contributed by atoms with van der Waals surface area (Å²) >= 11 is 0. The molecular weight excluding hydrogens is 547 g/mol. The Morgan fingerprint density at radius 1 is 0.714 bits per heavy atom. The van der Waals surface area contributed by atoms with Crippen LogP contribution in [0, 0.1) is 0 Å². The molecule has 4 aromatic rings. The Bertz CT molecular complexity index is 1460. The van der Waals surface area contributed by atoms with Gasteiger partial charge in [0.05, 0.1) is 19.1 Å². The highest BCUT2D eigenvalue weighted by molar-refractivity contribution is 5.85. The minimum atomic E-state index is -4.47. The monoisotopic (exact) mass is 577 g/mol. The van der Waals surface area contributed by atoms with Gasteiger partial charge in [0.2, 0.25) is 5.91 Å². The molecule has 4 aromatic carbocycles. The quantitative estimate of drug-likeness (QED) is 0.200. The molecule has 0 fully saturated rings. The zero-order valence-corrected chi connectivity index (χ0v) is 22.9. The topological polar surface area (TPSA) is 73.9 Å². The number of carbonyl (C=O) groups excluding carboxylic acids is 2. The van der Waals surface area contributed by atoms with Crippen molar-refractivity contribution >= 4 is 11.9 Å². The van der Waals surface area contributed by atoms with Gasteiger partial charge in [-0.3, -0.25) is 4.79 Å². The molecule has 0 aliphatic carbocycles. The number of halogens is 3. The van der Waals surface area contributed by atoms with Gasteiger partial charge in [-0.1, -0.05) is 78.9 Å². The first kappa shape index (κ1) is 30.2. The third kappa shape index (κ3) is 8.86. The summed E-state index contributed by atoms with van der Waals surface area (Å²) < 4.78 is 55.6. The van der Waals surface area contributed by atoms with Crippen molar-refractivity contribution in [2.24, 2.45) is 0 Å². The molecule has 218 valence electrons. The summed E-state index contributed by atoms with van der Waals surface area (Å²) in [5.74, 6) is -0.216. The second-order valence-corrected chi connectivity index (χ2v) is 9.55. The van der Waals surface area contributed by atoms with Gasteiger partial charge < -0.3 is 19.5 Å². The first-order chi connectivity index (χ1) is 20.2. The number of hydrogen-bond acceptors (Lipinski definition) is 5. The summed E-state index contributed by atoms with van der Waals surface area (Å²) in [5, 5.41) is 2.64. The smallest absolute Gasteiger partial charge is 0.416 e. The van der Waals surface area contributed by atoms with Crippen LogP contribution < -0.4 is 14.8 Å². The number of rotatable bonds is 12. The standard InChI is InChI=1S/C33H30F3NO5/c1-40-32(39)28(37-31(38)20-23-12-15-27(16-13-23)33(34,35)36)18-26-14-17-29(41-21-24-8-4-2-5-9-24)30(19-26)42-22-25-10-6-3-7-11-25/h2-17,19,28H,18,20-22H2,1H3,(H,37,38)/t28-/m0/s1. The molecule has 0 spiro atoms. The van der Waals surface area contributed by atoms with Crippen LogP contribution >= 0.6 is 0 Å². The van der Waals surface area contributed by atoms with Gasteiger partial charge in [-0.2, -0.15) is 13.2 Å². The summed E-state index contributed by atoms with van der Waals surface area (Å²) in [6.07, 6.45) is -4.59. The number of nitrogens with one attached hydrogen (secondary N) is 1. The molecule has 1 atom stereocenters. The maximum absolute atomic E-state index is 12.9. The summed E-state index contributed by atoms with van der Waals surface area (Å²) in [7, 11) is 1.21. The van der Waals surface area contributed by atoms with Crippen molar-refractivity contribution in [1.82, 2.24) is 5.32 Å². The number of methoxy groups -OCH3 is 1.